The van der Waals surface area contributed by atoms with Crippen LogP contribution in [0.5, 0.6) is 0 Å². The SMILES string of the molecule is CC1CCc2cccc3cc(C(=O)N4CCCc5ccccc54)c(=O)n1c23. The first-order valence-electron chi connectivity index (χ1n) is 9.72. The van der Waals surface area contributed by atoms with Gasteiger partial charge in [0.15, 0.2) is 0 Å². The summed E-state index contributed by atoms with van der Waals surface area (Å²) in [6, 6.07) is 16.0. The van der Waals surface area contributed by atoms with Gasteiger partial charge < -0.3 is 9.47 Å². The highest BCUT2D eigenvalue weighted by Gasteiger charge is 2.28. The van der Waals surface area contributed by atoms with E-state index < -0.39 is 0 Å². The fourth-order valence-corrected chi connectivity index (χ4v) is 4.63. The Balaban J connectivity index is 1.70. The van der Waals surface area contributed by atoms with E-state index in [-0.39, 0.29) is 23.1 Å². The Hall–Kier alpha value is -2.88. The summed E-state index contributed by atoms with van der Waals surface area (Å²) in [5, 5.41) is 0.979. The largest absolute Gasteiger partial charge is 0.308 e. The quantitative estimate of drug-likeness (QED) is 0.657. The van der Waals surface area contributed by atoms with Gasteiger partial charge in [0.25, 0.3) is 11.5 Å². The number of hydrogen-bond acceptors (Lipinski definition) is 2. The first-order chi connectivity index (χ1) is 13.1. The van der Waals surface area contributed by atoms with E-state index in [4.69, 9.17) is 0 Å². The molecule has 5 rings (SSSR count). The van der Waals surface area contributed by atoms with Gasteiger partial charge in [-0.2, -0.15) is 0 Å². The monoisotopic (exact) mass is 358 g/mol. The molecular formula is C23H22N2O2. The molecule has 2 aromatic carbocycles. The predicted molar refractivity (Wildman–Crippen MR) is 108 cm³/mol. The molecule has 1 atom stereocenters. The van der Waals surface area contributed by atoms with Gasteiger partial charge >= 0.3 is 0 Å². The van der Waals surface area contributed by atoms with Gasteiger partial charge in [-0.25, -0.2) is 0 Å². The van der Waals surface area contributed by atoms with E-state index in [0.717, 1.165) is 42.3 Å². The number of carbonyl (C=O) groups is 1. The van der Waals surface area contributed by atoms with Crippen molar-refractivity contribution in [1.82, 2.24) is 4.57 Å². The zero-order valence-corrected chi connectivity index (χ0v) is 15.4. The summed E-state index contributed by atoms with van der Waals surface area (Å²) < 4.78 is 1.84. The number of carbonyl (C=O) groups excluding carboxylic acids is 1. The van der Waals surface area contributed by atoms with Crippen LogP contribution in [0.1, 0.15) is 47.3 Å². The van der Waals surface area contributed by atoms with Crippen molar-refractivity contribution in [2.75, 3.05) is 11.4 Å². The summed E-state index contributed by atoms with van der Waals surface area (Å²) in [6.45, 7) is 2.73. The van der Waals surface area contributed by atoms with Crippen LogP contribution >= 0.6 is 0 Å². The highest BCUT2D eigenvalue weighted by Crippen LogP contribution is 2.31. The number of hydrogen-bond donors (Lipinski definition) is 0. The highest BCUT2D eigenvalue weighted by atomic mass is 16.2. The minimum absolute atomic E-state index is 0.108. The number of para-hydroxylation sites is 2. The summed E-state index contributed by atoms with van der Waals surface area (Å²) in [6.07, 6.45) is 3.80. The summed E-state index contributed by atoms with van der Waals surface area (Å²) in [5.74, 6) is -0.180. The second-order valence-corrected chi connectivity index (χ2v) is 7.66. The van der Waals surface area contributed by atoms with Crippen LogP contribution < -0.4 is 10.5 Å². The summed E-state index contributed by atoms with van der Waals surface area (Å²) in [7, 11) is 0. The number of rotatable bonds is 1. The van der Waals surface area contributed by atoms with Gasteiger partial charge in [0.1, 0.15) is 5.56 Å². The number of aryl methyl sites for hydroxylation is 2. The summed E-state index contributed by atoms with van der Waals surface area (Å²) >= 11 is 0. The van der Waals surface area contributed by atoms with E-state index >= 15 is 0 Å². The molecule has 1 aromatic heterocycles. The molecule has 0 aliphatic carbocycles. The van der Waals surface area contributed by atoms with Crippen LogP contribution in [0.4, 0.5) is 5.69 Å². The van der Waals surface area contributed by atoms with Crippen LogP contribution in [-0.4, -0.2) is 17.0 Å². The van der Waals surface area contributed by atoms with E-state index in [1.165, 1.54) is 11.1 Å². The van der Waals surface area contributed by atoms with Gasteiger partial charge in [0, 0.05) is 18.3 Å². The average molecular weight is 358 g/mol. The molecule has 136 valence electrons. The Morgan fingerprint density at radius 2 is 1.85 bits per heavy atom. The number of benzene rings is 2. The van der Waals surface area contributed by atoms with Crippen LogP contribution in [-0.2, 0) is 12.8 Å². The smallest absolute Gasteiger partial charge is 0.264 e. The lowest BCUT2D eigenvalue weighted by molar-refractivity contribution is 0.0983. The maximum atomic E-state index is 13.4. The molecule has 0 N–H and O–H groups in total. The number of amides is 1. The average Bonchev–Trinajstić information content (AvgIpc) is 2.70. The van der Waals surface area contributed by atoms with Crippen LogP contribution in [0.15, 0.2) is 53.3 Å². The number of nitrogens with zero attached hydrogens (tertiary/aromatic N) is 2. The van der Waals surface area contributed by atoms with E-state index in [1.807, 2.05) is 34.9 Å². The molecule has 0 saturated carbocycles. The minimum atomic E-state index is -0.180. The van der Waals surface area contributed by atoms with Gasteiger partial charge in [0.2, 0.25) is 0 Å². The maximum Gasteiger partial charge on any atom is 0.264 e. The molecular weight excluding hydrogens is 336 g/mol. The molecule has 0 radical (unpaired) electrons. The van der Waals surface area contributed by atoms with E-state index in [9.17, 15) is 9.59 Å². The molecule has 2 aliphatic heterocycles. The molecule has 3 heterocycles. The van der Waals surface area contributed by atoms with Gasteiger partial charge in [-0.1, -0.05) is 36.4 Å². The summed E-state index contributed by atoms with van der Waals surface area (Å²) in [4.78, 5) is 28.5. The maximum absolute atomic E-state index is 13.4. The third-order valence-electron chi connectivity index (χ3n) is 6.00. The lowest BCUT2D eigenvalue weighted by atomic mass is 9.95. The first kappa shape index (κ1) is 16.3. The molecule has 4 heteroatoms. The lowest BCUT2D eigenvalue weighted by Gasteiger charge is -2.30. The molecule has 3 aromatic rings. The van der Waals surface area contributed by atoms with E-state index in [1.54, 1.807) is 11.0 Å². The molecule has 1 amide bonds. The van der Waals surface area contributed by atoms with Crippen LogP contribution in [0, 0.1) is 0 Å². The first-order valence-corrected chi connectivity index (χ1v) is 9.72. The standard InChI is InChI=1S/C23H22N2O2/c1-15-11-12-17-7-4-8-18-14-19(23(27)25(15)21(17)18)22(26)24-13-5-9-16-6-2-3-10-20(16)24/h2-4,6-8,10,14-15H,5,9,11-13H2,1H3. The molecule has 27 heavy (non-hydrogen) atoms. The Morgan fingerprint density at radius 1 is 1.04 bits per heavy atom. The molecule has 2 aliphatic rings. The van der Waals surface area contributed by atoms with Gasteiger partial charge in [-0.15, -0.1) is 0 Å². The number of fused-ring (bicyclic) bond motifs is 1. The third kappa shape index (κ3) is 2.43. The van der Waals surface area contributed by atoms with Gasteiger partial charge in [0.05, 0.1) is 5.52 Å². The number of anilines is 1. The van der Waals surface area contributed by atoms with E-state index in [0.29, 0.717) is 6.54 Å². The molecule has 0 spiro atoms. The molecule has 0 fully saturated rings. The molecule has 0 saturated heterocycles. The Labute approximate surface area is 158 Å². The second kappa shape index (κ2) is 6.08. The van der Waals surface area contributed by atoms with Crippen molar-refractivity contribution in [3.8, 4) is 0 Å². The van der Waals surface area contributed by atoms with Crippen molar-refractivity contribution in [2.24, 2.45) is 0 Å². The second-order valence-electron chi connectivity index (χ2n) is 7.66. The van der Waals surface area contributed by atoms with Crippen molar-refractivity contribution in [3.63, 3.8) is 0 Å². The van der Waals surface area contributed by atoms with Crippen molar-refractivity contribution in [1.29, 1.82) is 0 Å². The summed E-state index contributed by atoms with van der Waals surface area (Å²) in [5.41, 5.74) is 4.44. The zero-order valence-electron chi connectivity index (χ0n) is 15.4. The molecule has 4 nitrogen and oxygen atoms in total. The van der Waals surface area contributed by atoms with Crippen molar-refractivity contribution < 1.29 is 4.79 Å². The normalized spacial score (nSPS) is 18.4. The number of aromatic nitrogens is 1. The van der Waals surface area contributed by atoms with Crippen LogP contribution in [0.3, 0.4) is 0 Å². The topological polar surface area (TPSA) is 42.3 Å². The zero-order chi connectivity index (χ0) is 18.5. The van der Waals surface area contributed by atoms with Crippen LogP contribution in [0.25, 0.3) is 10.9 Å². The molecule has 0 bridgehead atoms. The molecule has 1 unspecified atom stereocenters. The van der Waals surface area contributed by atoms with Gasteiger partial charge in [-0.05, 0) is 61.3 Å². The van der Waals surface area contributed by atoms with E-state index in [2.05, 4.69) is 19.1 Å². The third-order valence-corrected chi connectivity index (χ3v) is 6.00. The van der Waals surface area contributed by atoms with Gasteiger partial charge in [-0.3, -0.25) is 9.59 Å². The Morgan fingerprint density at radius 3 is 2.74 bits per heavy atom. The van der Waals surface area contributed by atoms with Crippen LogP contribution in [0.2, 0.25) is 0 Å². The van der Waals surface area contributed by atoms with Crippen molar-refractivity contribution >= 4 is 22.5 Å². The lowest BCUT2D eigenvalue weighted by Crippen LogP contribution is -2.40. The fourth-order valence-electron chi connectivity index (χ4n) is 4.63. The fraction of sp³-hybridized carbons (Fsp3) is 0.304. The Bertz CT molecular complexity index is 1130. The highest BCUT2D eigenvalue weighted by molar-refractivity contribution is 6.08. The van der Waals surface area contributed by atoms with Crippen molar-refractivity contribution in [2.45, 2.75) is 38.6 Å². The Kier molecular flexibility index (Phi) is 3.67. The predicted octanol–water partition coefficient (Wildman–Crippen LogP) is 4.10. The van der Waals surface area contributed by atoms with Crippen molar-refractivity contribution in [3.05, 3.63) is 75.6 Å². The minimum Gasteiger partial charge on any atom is -0.308 e. The number of pyridine rings is 1.